The lowest BCUT2D eigenvalue weighted by Gasteiger charge is -2.06. The summed E-state index contributed by atoms with van der Waals surface area (Å²) in [6.07, 6.45) is 2.65. The quantitative estimate of drug-likeness (QED) is 0.777. The molecule has 0 aliphatic heterocycles. The van der Waals surface area contributed by atoms with E-state index in [1.165, 1.54) is 24.2 Å². The first kappa shape index (κ1) is 12.4. The van der Waals surface area contributed by atoms with E-state index in [0.29, 0.717) is 16.6 Å². The highest BCUT2D eigenvalue weighted by Crippen LogP contribution is 2.25. The molecule has 2 aromatic rings. The van der Waals surface area contributed by atoms with Gasteiger partial charge in [-0.05, 0) is 18.2 Å². The van der Waals surface area contributed by atoms with Crippen LogP contribution in [-0.4, -0.2) is 9.55 Å². The maximum atomic E-state index is 12.5. The molecule has 0 saturated carbocycles. The lowest BCUT2D eigenvalue weighted by Crippen LogP contribution is -2.01. The normalized spacial score (nSPS) is 11.1. The number of alkyl halides is 2. The number of halogens is 3. The molecule has 2 rings (SSSR count). The van der Waals surface area contributed by atoms with Crippen molar-refractivity contribution in [2.24, 2.45) is 0 Å². The van der Waals surface area contributed by atoms with Crippen LogP contribution in [0.5, 0.6) is 0 Å². The van der Waals surface area contributed by atoms with Crippen LogP contribution in [0.1, 0.15) is 12.4 Å². The topological polar surface area (TPSA) is 17.8 Å². The molecule has 0 amide bonds. The van der Waals surface area contributed by atoms with Gasteiger partial charge < -0.3 is 0 Å². The molecule has 2 nitrogen and oxygen atoms in total. The Hall–Kier alpha value is -1.07. The predicted molar refractivity (Wildman–Crippen MR) is 64.5 cm³/mol. The molecular weight excluding hydrogens is 266 g/mol. The summed E-state index contributed by atoms with van der Waals surface area (Å²) in [7, 11) is 0. The minimum atomic E-state index is -2.55. The summed E-state index contributed by atoms with van der Waals surface area (Å²) in [6.45, 7) is -2.55. The van der Waals surface area contributed by atoms with Gasteiger partial charge in [0.15, 0.2) is 0 Å². The second kappa shape index (κ2) is 5.51. The molecule has 0 unspecified atom stereocenters. The summed E-state index contributed by atoms with van der Waals surface area (Å²) in [6, 6.07) is 7.27. The third-order valence-corrected chi connectivity index (χ3v) is 3.35. The van der Waals surface area contributed by atoms with E-state index in [4.69, 9.17) is 11.6 Å². The number of hydrogen-bond donors (Lipinski definition) is 0. The number of hydrogen-bond acceptors (Lipinski definition) is 2. The summed E-state index contributed by atoms with van der Waals surface area (Å²) in [5.41, 5.74) is 0. The van der Waals surface area contributed by atoms with Gasteiger partial charge in [0, 0.05) is 22.3 Å². The zero-order valence-corrected chi connectivity index (χ0v) is 10.3. The molecule has 0 fully saturated rings. The Kier molecular flexibility index (Phi) is 4.02. The minimum absolute atomic E-state index is 0.352. The molecule has 1 aromatic carbocycles. The molecule has 6 heteroatoms. The van der Waals surface area contributed by atoms with Crippen molar-refractivity contribution in [2.75, 3.05) is 0 Å². The van der Waals surface area contributed by atoms with E-state index in [-0.39, 0.29) is 0 Å². The van der Waals surface area contributed by atoms with Gasteiger partial charge in [-0.2, -0.15) is 8.78 Å². The van der Waals surface area contributed by atoms with Gasteiger partial charge in [-0.1, -0.05) is 17.7 Å². The average Bonchev–Trinajstić information content (AvgIpc) is 2.74. The van der Waals surface area contributed by atoms with E-state index in [1.807, 2.05) is 12.1 Å². The number of imidazole rings is 1. The fourth-order valence-electron chi connectivity index (χ4n) is 1.34. The van der Waals surface area contributed by atoms with Crippen LogP contribution in [0.2, 0.25) is 5.02 Å². The molecule has 0 spiro atoms. The van der Waals surface area contributed by atoms with Gasteiger partial charge >= 0.3 is 6.55 Å². The lowest BCUT2D eigenvalue weighted by atomic mass is 10.4. The smallest absolute Gasteiger partial charge is 0.277 e. The van der Waals surface area contributed by atoms with E-state index < -0.39 is 6.55 Å². The maximum Gasteiger partial charge on any atom is 0.319 e. The molecule has 90 valence electrons. The maximum absolute atomic E-state index is 12.5. The second-order valence-corrected chi connectivity index (χ2v) is 4.76. The Bertz CT molecular complexity index is 502. The van der Waals surface area contributed by atoms with Crippen LogP contribution in [0, 0.1) is 0 Å². The van der Waals surface area contributed by atoms with Crippen LogP contribution in [0.3, 0.4) is 0 Å². The summed E-state index contributed by atoms with van der Waals surface area (Å²) >= 11 is 7.26. The Morgan fingerprint density at radius 2 is 2.24 bits per heavy atom. The summed E-state index contributed by atoms with van der Waals surface area (Å²) in [5, 5.41) is 0.632. The fourth-order valence-corrected chi connectivity index (χ4v) is 2.50. The van der Waals surface area contributed by atoms with Gasteiger partial charge in [-0.15, -0.1) is 11.8 Å². The Morgan fingerprint density at radius 3 is 2.94 bits per heavy atom. The summed E-state index contributed by atoms with van der Waals surface area (Å²) < 4.78 is 25.9. The number of rotatable bonds is 4. The molecule has 0 radical (unpaired) electrons. The third kappa shape index (κ3) is 3.20. The Balaban J connectivity index is 2.05. The zero-order valence-electron chi connectivity index (χ0n) is 8.69. The number of aromatic nitrogens is 2. The van der Waals surface area contributed by atoms with E-state index in [1.54, 1.807) is 12.1 Å². The molecule has 17 heavy (non-hydrogen) atoms. The number of thioether (sulfide) groups is 1. The third-order valence-electron chi connectivity index (χ3n) is 2.12. The molecule has 1 heterocycles. The minimum Gasteiger partial charge on any atom is -0.277 e. The van der Waals surface area contributed by atoms with E-state index in [9.17, 15) is 8.78 Å². The molecule has 0 atom stereocenters. The van der Waals surface area contributed by atoms with Crippen LogP contribution >= 0.6 is 23.4 Å². The lowest BCUT2D eigenvalue weighted by molar-refractivity contribution is 0.0678. The van der Waals surface area contributed by atoms with Crippen molar-refractivity contribution in [1.29, 1.82) is 0 Å². The van der Waals surface area contributed by atoms with Crippen LogP contribution in [0.4, 0.5) is 8.78 Å². The van der Waals surface area contributed by atoms with Crippen molar-refractivity contribution in [2.45, 2.75) is 17.2 Å². The highest BCUT2D eigenvalue weighted by atomic mass is 35.5. The molecule has 0 aliphatic rings. The standard InChI is InChI=1S/C11H9ClF2N2S/c12-8-2-1-3-9(6-8)17-7-10-15-4-5-16(10)11(13)14/h1-6,11H,7H2. The largest absolute Gasteiger partial charge is 0.319 e. The molecule has 0 bridgehead atoms. The van der Waals surface area contributed by atoms with Gasteiger partial charge in [0.25, 0.3) is 0 Å². The van der Waals surface area contributed by atoms with Crippen molar-refractivity contribution in [3.05, 3.63) is 47.5 Å². The van der Waals surface area contributed by atoms with Gasteiger partial charge in [-0.25, -0.2) is 4.98 Å². The van der Waals surface area contributed by atoms with Crippen molar-refractivity contribution >= 4 is 23.4 Å². The van der Waals surface area contributed by atoms with E-state index in [0.717, 1.165) is 9.46 Å². The molecule has 0 aliphatic carbocycles. The van der Waals surface area contributed by atoms with Crippen LogP contribution < -0.4 is 0 Å². The number of benzene rings is 1. The molecule has 0 N–H and O–H groups in total. The van der Waals surface area contributed by atoms with Gasteiger partial charge in [0.2, 0.25) is 0 Å². The van der Waals surface area contributed by atoms with Crippen LogP contribution in [0.15, 0.2) is 41.6 Å². The first-order valence-electron chi connectivity index (χ1n) is 4.85. The van der Waals surface area contributed by atoms with Crippen LogP contribution in [-0.2, 0) is 5.75 Å². The van der Waals surface area contributed by atoms with Gasteiger partial charge in [-0.3, -0.25) is 4.57 Å². The monoisotopic (exact) mass is 274 g/mol. The van der Waals surface area contributed by atoms with Crippen molar-refractivity contribution in [3.8, 4) is 0 Å². The average molecular weight is 275 g/mol. The highest BCUT2D eigenvalue weighted by Gasteiger charge is 2.11. The predicted octanol–water partition coefficient (Wildman–Crippen LogP) is 4.22. The SMILES string of the molecule is FC(F)n1ccnc1CSc1cccc(Cl)c1. The zero-order chi connectivity index (χ0) is 12.3. The van der Waals surface area contributed by atoms with Crippen molar-refractivity contribution in [3.63, 3.8) is 0 Å². The first-order valence-corrected chi connectivity index (χ1v) is 6.21. The fraction of sp³-hybridized carbons (Fsp3) is 0.182. The summed E-state index contributed by atoms with van der Waals surface area (Å²) in [4.78, 5) is 4.84. The summed E-state index contributed by atoms with van der Waals surface area (Å²) in [5.74, 6) is 0.738. The Morgan fingerprint density at radius 1 is 1.41 bits per heavy atom. The van der Waals surface area contributed by atoms with Gasteiger partial charge in [0.1, 0.15) is 5.82 Å². The van der Waals surface area contributed by atoms with E-state index >= 15 is 0 Å². The second-order valence-electron chi connectivity index (χ2n) is 3.27. The van der Waals surface area contributed by atoms with Gasteiger partial charge in [0.05, 0.1) is 5.75 Å². The molecule has 0 saturated heterocycles. The van der Waals surface area contributed by atoms with E-state index in [2.05, 4.69) is 4.98 Å². The first-order chi connectivity index (χ1) is 8.16. The number of nitrogens with zero attached hydrogens (tertiary/aromatic N) is 2. The van der Waals surface area contributed by atoms with Crippen molar-refractivity contribution in [1.82, 2.24) is 9.55 Å². The molecular formula is C11H9ClF2N2S. The molecule has 1 aromatic heterocycles. The highest BCUT2D eigenvalue weighted by molar-refractivity contribution is 7.98. The van der Waals surface area contributed by atoms with Crippen molar-refractivity contribution < 1.29 is 8.78 Å². The van der Waals surface area contributed by atoms with Crippen LogP contribution in [0.25, 0.3) is 0 Å². The Labute approximate surface area is 107 Å².